The molecule has 1 N–H and O–H groups in total. The Bertz CT molecular complexity index is 536. The van der Waals surface area contributed by atoms with Crippen molar-refractivity contribution in [3.05, 3.63) is 18.0 Å². The third kappa shape index (κ3) is 5.86. The molecule has 0 radical (unpaired) electrons. The average molecular weight is 459 g/mol. The van der Waals surface area contributed by atoms with Gasteiger partial charge in [-0.05, 0) is 30.7 Å². The van der Waals surface area contributed by atoms with Crippen molar-refractivity contribution in [3.8, 4) is 0 Å². The number of hydrogen-bond acceptors (Lipinski definition) is 2. The van der Waals surface area contributed by atoms with E-state index in [4.69, 9.17) is 0 Å². The van der Waals surface area contributed by atoms with Crippen molar-refractivity contribution in [2.24, 2.45) is 18.0 Å². The van der Waals surface area contributed by atoms with Crippen molar-refractivity contribution < 1.29 is 0 Å². The van der Waals surface area contributed by atoms with Crippen LogP contribution in [0.4, 0.5) is 0 Å². The first-order valence-electron chi connectivity index (χ1n) is 9.70. The van der Waals surface area contributed by atoms with Crippen molar-refractivity contribution in [2.45, 2.75) is 57.3 Å². The first-order chi connectivity index (χ1) is 11.8. The number of aromatic nitrogens is 2. The van der Waals surface area contributed by atoms with E-state index in [1.165, 1.54) is 56.9 Å². The maximum absolute atomic E-state index is 4.50. The number of aryl methyl sites for hydroxylation is 1. The standard InChI is InChI=1S/C19H33N5.HI/c1-20-19(21-11-6-9-16-7-4-3-5-8-16)24-12-10-17(15-24)18-13-22-23(2)14-18;/h13-14,16-17H,3-12,15H2,1-2H3,(H,20,21);1H. The van der Waals surface area contributed by atoms with Crippen molar-refractivity contribution in [3.63, 3.8) is 0 Å². The Morgan fingerprint density at radius 1 is 1.28 bits per heavy atom. The molecular formula is C19H34IN5. The van der Waals surface area contributed by atoms with E-state index in [1.54, 1.807) is 0 Å². The van der Waals surface area contributed by atoms with Gasteiger partial charge in [-0.15, -0.1) is 24.0 Å². The van der Waals surface area contributed by atoms with Crippen LogP contribution in [0, 0.1) is 5.92 Å². The summed E-state index contributed by atoms with van der Waals surface area (Å²) in [5, 5.41) is 7.89. The molecule has 0 aromatic carbocycles. The van der Waals surface area contributed by atoms with Gasteiger partial charge in [0.25, 0.3) is 0 Å². The predicted octanol–water partition coefficient (Wildman–Crippen LogP) is 3.76. The zero-order valence-corrected chi connectivity index (χ0v) is 18.1. The summed E-state index contributed by atoms with van der Waals surface area (Å²) in [6.45, 7) is 3.19. The molecule has 3 rings (SSSR count). The fourth-order valence-corrected chi connectivity index (χ4v) is 4.27. The highest BCUT2D eigenvalue weighted by atomic mass is 127. The largest absolute Gasteiger partial charge is 0.356 e. The first kappa shape index (κ1) is 20.5. The van der Waals surface area contributed by atoms with E-state index < -0.39 is 0 Å². The fraction of sp³-hybridized carbons (Fsp3) is 0.789. The van der Waals surface area contributed by atoms with Gasteiger partial charge in [-0.3, -0.25) is 9.67 Å². The molecule has 1 aliphatic carbocycles. The number of rotatable bonds is 5. The van der Waals surface area contributed by atoms with Crippen LogP contribution in [0.3, 0.4) is 0 Å². The topological polar surface area (TPSA) is 45.5 Å². The summed E-state index contributed by atoms with van der Waals surface area (Å²) in [5.74, 6) is 2.63. The van der Waals surface area contributed by atoms with Crippen LogP contribution in [0.1, 0.15) is 62.8 Å². The summed E-state index contributed by atoms with van der Waals surface area (Å²) in [6.07, 6.45) is 15.2. The van der Waals surface area contributed by atoms with E-state index in [0.717, 1.165) is 31.5 Å². The molecule has 1 saturated heterocycles. The predicted molar refractivity (Wildman–Crippen MR) is 115 cm³/mol. The molecule has 0 bridgehead atoms. The molecule has 1 aromatic heterocycles. The van der Waals surface area contributed by atoms with Gasteiger partial charge in [0.1, 0.15) is 0 Å². The smallest absolute Gasteiger partial charge is 0.193 e. The monoisotopic (exact) mass is 459 g/mol. The number of guanidine groups is 1. The van der Waals surface area contributed by atoms with Gasteiger partial charge in [0, 0.05) is 45.8 Å². The number of nitrogens with zero attached hydrogens (tertiary/aromatic N) is 4. The molecule has 2 fully saturated rings. The van der Waals surface area contributed by atoms with Gasteiger partial charge < -0.3 is 10.2 Å². The highest BCUT2D eigenvalue weighted by Gasteiger charge is 2.26. The van der Waals surface area contributed by atoms with E-state index in [0.29, 0.717) is 5.92 Å². The summed E-state index contributed by atoms with van der Waals surface area (Å²) in [4.78, 5) is 6.90. The Kier molecular flexibility index (Phi) is 8.52. The van der Waals surface area contributed by atoms with Crippen molar-refractivity contribution in [1.82, 2.24) is 20.0 Å². The minimum Gasteiger partial charge on any atom is -0.356 e. The highest BCUT2D eigenvalue weighted by molar-refractivity contribution is 14.0. The zero-order valence-electron chi connectivity index (χ0n) is 15.8. The maximum atomic E-state index is 4.50. The number of likely N-dealkylation sites (tertiary alicyclic amines) is 1. The van der Waals surface area contributed by atoms with Crippen LogP contribution >= 0.6 is 24.0 Å². The fourth-order valence-electron chi connectivity index (χ4n) is 4.27. The summed E-state index contributed by atoms with van der Waals surface area (Å²) in [7, 11) is 3.89. The minimum atomic E-state index is 0. The lowest BCUT2D eigenvalue weighted by Crippen LogP contribution is -2.40. The van der Waals surface area contributed by atoms with E-state index in [2.05, 4.69) is 26.5 Å². The van der Waals surface area contributed by atoms with Crippen molar-refractivity contribution >= 4 is 29.9 Å². The molecule has 1 aliphatic heterocycles. The number of nitrogens with one attached hydrogen (secondary N) is 1. The Balaban J connectivity index is 0.00000225. The molecule has 25 heavy (non-hydrogen) atoms. The third-order valence-corrected chi connectivity index (χ3v) is 5.69. The normalized spacial score (nSPS) is 22.1. The quantitative estimate of drug-likeness (QED) is 0.316. The lowest BCUT2D eigenvalue weighted by atomic mass is 9.86. The zero-order chi connectivity index (χ0) is 16.8. The molecule has 0 amide bonds. The van der Waals surface area contributed by atoms with Gasteiger partial charge in [-0.1, -0.05) is 32.1 Å². The van der Waals surface area contributed by atoms with E-state index >= 15 is 0 Å². The molecule has 0 spiro atoms. The molecule has 2 heterocycles. The third-order valence-electron chi connectivity index (χ3n) is 5.69. The molecule has 5 nitrogen and oxygen atoms in total. The Hall–Kier alpha value is -0.790. The highest BCUT2D eigenvalue weighted by Crippen LogP contribution is 2.28. The molecule has 1 unspecified atom stereocenters. The van der Waals surface area contributed by atoms with Gasteiger partial charge in [-0.2, -0.15) is 5.10 Å². The Labute approximate surface area is 169 Å². The van der Waals surface area contributed by atoms with E-state index in [-0.39, 0.29) is 24.0 Å². The second kappa shape index (κ2) is 10.4. The lowest BCUT2D eigenvalue weighted by Gasteiger charge is -2.23. The molecular weight excluding hydrogens is 425 g/mol. The van der Waals surface area contributed by atoms with Crippen LogP contribution in [0.5, 0.6) is 0 Å². The average Bonchev–Trinajstić information content (AvgIpc) is 3.25. The van der Waals surface area contributed by atoms with Gasteiger partial charge in [0.2, 0.25) is 0 Å². The first-order valence-corrected chi connectivity index (χ1v) is 9.70. The molecule has 2 aliphatic rings. The van der Waals surface area contributed by atoms with Crippen molar-refractivity contribution in [1.29, 1.82) is 0 Å². The number of hydrogen-bond donors (Lipinski definition) is 1. The summed E-state index contributed by atoms with van der Waals surface area (Å²) in [5.41, 5.74) is 1.35. The summed E-state index contributed by atoms with van der Waals surface area (Å²) in [6, 6.07) is 0. The SMILES string of the molecule is CN=C(NCCCC1CCCCC1)N1CCC(c2cnn(C)c2)C1.I. The minimum absolute atomic E-state index is 0. The number of aliphatic imine (C=N–C) groups is 1. The van der Waals surface area contributed by atoms with Gasteiger partial charge in [0.05, 0.1) is 6.20 Å². The van der Waals surface area contributed by atoms with Crippen LogP contribution in [-0.2, 0) is 7.05 Å². The molecule has 1 saturated carbocycles. The summed E-state index contributed by atoms with van der Waals surface area (Å²) >= 11 is 0. The van der Waals surface area contributed by atoms with Crippen LogP contribution in [-0.4, -0.2) is 47.3 Å². The lowest BCUT2D eigenvalue weighted by molar-refractivity contribution is 0.332. The second-order valence-corrected chi connectivity index (χ2v) is 7.50. The maximum Gasteiger partial charge on any atom is 0.193 e. The second-order valence-electron chi connectivity index (χ2n) is 7.50. The van der Waals surface area contributed by atoms with E-state index in [9.17, 15) is 0 Å². The van der Waals surface area contributed by atoms with Crippen LogP contribution in [0.25, 0.3) is 0 Å². The molecule has 1 aromatic rings. The van der Waals surface area contributed by atoms with Gasteiger partial charge in [0.15, 0.2) is 5.96 Å². The van der Waals surface area contributed by atoms with Gasteiger partial charge >= 0.3 is 0 Å². The number of halogens is 1. The van der Waals surface area contributed by atoms with Crippen molar-refractivity contribution in [2.75, 3.05) is 26.7 Å². The molecule has 1 atom stereocenters. The molecule has 6 heteroatoms. The van der Waals surface area contributed by atoms with Crippen LogP contribution in [0.15, 0.2) is 17.4 Å². The van der Waals surface area contributed by atoms with Crippen LogP contribution < -0.4 is 5.32 Å². The van der Waals surface area contributed by atoms with Crippen LogP contribution in [0.2, 0.25) is 0 Å². The summed E-state index contributed by atoms with van der Waals surface area (Å²) < 4.78 is 1.90. The van der Waals surface area contributed by atoms with Gasteiger partial charge in [-0.25, -0.2) is 0 Å². The van der Waals surface area contributed by atoms with E-state index in [1.807, 2.05) is 25.0 Å². The Morgan fingerprint density at radius 2 is 2.08 bits per heavy atom. The molecule has 142 valence electrons. The Morgan fingerprint density at radius 3 is 2.76 bits per heavy atom.